The molecule has 0 aromatic carbocycles. The maximum atomic E-state index is 5.61. The van der Waals surface area contributed by atoms with Gasteiger partial charge in [0.25, 0.3) is 0 Å². The van der Waals surface area contributed by atoms with Crippen LogP contribution in [0.5, 0.6) is 0 Å². The summed E-state index contributed by atoms with van der Waals surface area (Å²) in [5, 5.41) is 0. The molecule has 0 atom stereocenters. The van der Waals surface area contributed by atoms with Crippen LogP contribution in [0.4, 0.5) is 0 Å². The predicted molar refractivity (Wildman–Crippen MR) is 32.0 cm³/mol. The Morgan fingerprint density at radius 1 is 1.38 bits per heavy atom. The van der Waals surface area contributed by atoms with Gasteiger partial charge in [-0.25, -0.2) is 0 Å². The summed E-state index contributed by atoms with van der Waals surface area (Å²) in [6.07, 6.45) is 2.40. The summed E-state index contributed by atoms with van der Waals surface area (Å²) in [7, 11) is 5.61. The van der Waals surface area contributed by atoms with Crippen molar-refractivity contribution in [2.24, 2.45) is 5.41 Å². The zero-order valence-electron chi connectivity index (χ0n) is 4.89. The minimum atomic E-state index is 0.485. The van der Waals surface area contributed by atoms with Gasteiger partial charge in [-0.15, -0.1) is 0 Å². The van der Waals surface area contributed by atoms with Gasteiger partial charge in [0.15, 0.2) is 0 Å². The molecule has 42 valence electrons. The molecule has 2 heteroatoms. The van der Waals surface area contributed by atoms with Crippen LogP contribution in [0.25, 0.3) is 0 Å². The molecule has 0 bridgehead atoms. The molecule has 1 aliphatic carbocycles. The lowest BCUT2D eigenvalue weighted by molar-refractivity contribution is -0.154. The zero-order valence-corrected chi connectivity index (χ0v) is 4.89. The van der Waals surface area contributed by atoms with E-state index < -0.39 is 0 Å². The maximum Gasteiger partial charge on any atom is 0.0700 e. The van der Waals surface area contributed by atoms with Gasteiger partial charge in [-0.05, 0) is 12.8 Å². The van der Waals surface area contributed by atoms with Crippen molar-refractivity contribution in [3.05, 3.63) is 0 Å². The van der Waals surface area contributed by atoms with E-state index in [1.807, 2.05) is 0 Å². The van der Waals surface area contributed by atoms with Gasteiger partial charge in [-0.1, -0.05) is 5.82 Å². The van der Waals surface area contributed by atoms with Gasteiger partial charge in [-0.2, -0.15) is 0 Å². The first-order valence-corrected chi connectivity index (χ1v) is 3.14. The van der Waals surface area contributed by atoms with Crippen LogP contribution in [0.3, 0.4) is 0 Å². The number of ether oxygens (including phenoxy) is 1. The topological polar surface area (TPSA) is 9.23 Å². The lowest BCUT2D eigenvalue weighted by Gasteiger charge is -2.52. The summed E-state index contributed by atoms with van der Waals surface area (Å²) in [6, 6.07) is 0. The summed E-state index contributed by atoms with van der Waals surface area (Å²) in [6.45, 7) is 1.95. The zero-order chi connectivity index (χ0) is 5.61. The third kappa shape index (κ3) is 0.468. The molecule has 2 rings (SSSR count). The Morgan fingerprint density at radius 2 is 2.00 bits per heavy atom. The molecule has 2 fully saturated rings. The van der Waals surface area contributed by atoms with Gasteiger partial charge in [0, 0.05) is 5.41 Å². The summed E-state index contributed by atoms with van der Waals surface area (Å²) in [4.78, 5) is 0. The Morgan fingerprint density at radius 3 is 2.12 bits per heavy atom. The van der Waals surface area contributed by atoms with Crippen LogP contribution >= 0.6 is 0 Å². The monoisotopic (exact) mass is 108 g/mol. The lowest BCUT2D eigenvalue weighted by atomic mass is 9.54. The molecule has 0 N–H and O–H groups in total. The van der Waals surface area contributed by atoms with E-state index in [1.54, 1.807) is 0 Å². The Bertz CT molecular complexity index is 101. The van der Waals surface area contributed by atoms with E-state index in [9.17, 15) is 0 Å². The van der Waals surface area contributed by atoms with Crippen molar-refractivity contribution in [2.45, 2.75) is 18.7 Å². The highest BCUT2D eigenvalue weighted by Crippen LogP contribution is 2.52. The van der Waals surface area contributed by atoms with Crippen molar-refractivity contribution in [1.82, 2.24) is 0 Å². The second-order valence-electron chi connectivity index (χ2n) is 3.16. The molecule has 1 aliphatic heterocycles. The molecule has 2 aliphatic rings. The van der Waals surface area contributed by atoms with Gasteiger partial charge in [-0.3, -0.25) is 0 Å². The summed E-state index contributed by atoms with van der Waals surface area (Å²) in [5.74, 6) is 0.485. The van der Waals surface area contributed by atoms with Crippen molar-refractivity contribution in [1.29, 1.82) is 0 Å². The first kappa shape index (κ1) is 4.86. The van der Waals surface area contributed by atoms with E-state index in [0.29, 0.717) is 11.2 Å². The second kappa shape index (κ2) is 1.30. The van der Waals surface area contributed by atoms with E-state index >= 15 is 0 Å². The molecule has 0 aromatic rings. The van der Waals surface area contributed by atoms with Crippen LogP contribution in [-0.4, -0.2) is 21.1 Å². The van der Waals surface area contributed by atoms with Crippen molar-refractivity contribution >= 4 is 7.85 Å². The van der Waals surface area contributed by atoms with E-state index in [1.165, 1.54) is 12.8 Å². The van der Waals surface area contributed by atoms with E-state index in [-0.39, 0.29) is 0 Å². The summed E-state index contributed by atoms with van der Waals surface area (Å²) in [5.41, 5.74) is 0.569. The van der Waals surface area contributed by atoms with Crippen molar-refractivity contribution in [3.63, 3.8) is 0 Å². The van der Waals surface area contributed by atoms with Crippen LogP contribution < -0.4 is 0 Å². The van der Waals surface area contributed by atoms with Gasteiger partial charge in [0.2, 0.25) is 0 Å². The minimum Gasteiger partial charge on any atom is -0.380 e. The standard InChI is InChI=1S/C6H9BO/c7-5-1-6(2-5)3-8-4-6/h5H,1-4H2. The van der Waals surface area contributed by atoms with Crippen LogP contribution in [0, 0.1) is 5.41 Å². The summed E-state index contributed by atoms with van der Waals surface area (Å²) >= 11 is 0. The van der Waals surface area contributed by atoms with E-state index in [4.69, 9.17) is 12.6 Å². The van der Waals surface area contributed by atoms with Crippen LogP contribution in [0.1, 0.15) is 12.8 Å². The maximum absolute atomic E-state index is 5.61. The molecule has 0 unspecified atom stereocenters. The first-order valence-electron chi connectivity index (χ1n) is 3.14. The molecule has 1 saturated heterocycles. The van der Waals surface area contributed by atoms with Crippen molar-refractivity contribution in [2.75, 3.05) is 13.2 Å². The average molecular weight is 108 g/mol. The fraction of sp³-hybridized carbons (Fsp3) is 1.00. The van der Waals surface area contributed by atoms with Crippen LogP contribution in [0.2, 0.25) is 5.82 Å². The minimum absolute atomic E-state index is 0.485. The summed E-state index contributed by atoms with van der Waals surface area (Å²) < 4.78 is 5.07. The molecule has 8 heavy (non-hydrogen) atoms. The highest BCUT2D eigenvalue weighted by Gasteiger charge is 2.47. The van der Waals surface area contributed by atoms with Gasteiger partial charge in [0.1, 0.15) is 0 Å². The fourth-order valence-electron chi connectivity index (χ4n) is 1.68. The Labute approximate surface area is 50.8 Å². The molecule has 0 aromatic heterocycles. The van der Waals surface area contributed by atoms with Crippen molar-refractivity contribution in [3.8, 4) is 0 Å². The Hall–Kier alpha value is 0.0249. The highest BCUT2D eigenvalue weighted by molar-refractivity contribution is 6.12. The molecular weight excluding hydrogens is 98.9 g/mol. The van der Waals surface area contributed by atoms with Crippen LogP contribution in [-0.2, 0) is 4.74 Å². The Kier molecular flexibility index (Phi) is 0.788. The molecule has 2 radical (unpaired) electrons. The molecule has 1 saturated carbocycles. The fourth-order valence-corrected chi connectivity index (χ4v) is 1.68. The smallest absolute Gasteiger partial charge is 0.0700 e. The quantitative estimate of drug-likeness (QED) is 0.416. The number of hydrogen-bond donors (Lipinski definition) is 0. The van der Waals surface area contributed by atoms with Gasteiger partial charge in [0.05, 0.1) is 21.1 Å². The van der Waals surface area contributed by atoms with Gasteiger partial charge >= 0.3 is 0 Å². The third-order valence-electron chi connectivity index (χ3n) is 2.21. The normalized spacial score (nSPS) is 34.0. The number of rotatable bonds is 0. The van der Waals surface area contributed by atoms with E-state index in [2.05, 4.69) is 0 Å². The second-order valence-corrected chi connectivity index (χ2v) is 3.16. The molecule has 0 amide bonds. The van der Waals surface area contributed by atoms with Crippen molar-refractivity contribution < 1.29 is 4.74 Å². The molecule has 1 heterocycles. The SMILES string of the molecule is [B]C1CC2(COC2)C1. The highest BCUT2D eigenvalue weighted by atomic mass is 16.5. The van der Waals surface area contributed by atoms with E-state index in [0.717, 1.165) is 13.2 Å². The Balaban J connectivity index is 1.92. The number of hydrogen-bond acceptors (Lipinski definition) is 1. The van der Waals surface area contributed by atoms with Crippen LogP contribution in [0.15, 0.2) is 0 Å². The molecule has 1 nitrogen and oxygen atoms in total. The first-order chi connectivity index (χ1) is 3.81. The predicted octanol–water partition coefficient (Wildman–Crippen LogP) is 0.754. The lowest BCUT2D eigenvalue weighted by Crippen LogP contribution is -2.50. The molecule has 1 spiro atoms. The average Bonchev–Trinajstić information content (AvgIpc) is 1.51. The molecular formula is C6H9BO. The largest absolute Gasteiger partial charge is 0.380 e. The third-order valence-corrected chi connectivity index (χ3v) is 2.21. The van der Waals surface area contributed by atoms with Gasteiger partial charge < -0.3 is 4.74 Å².